The SMILES string of the molecule is CSCC[C@@H](NC(N)=O)C(=O)NCc1cc(F)cc(Br)c1. The summed E-state index contributed by atoms with van der Waals surface area (Å²) in [6.07, 6.45) is 2.38. The van der Waals surface area contributed by atoms with Crippen LogP contribution in [0.4, 0.5) is 9.18 Å². The highest BCUT2D eigenvalue weighted by Gasteiger charge is 2.19. The summed E-state index contributed by atoms with van der Waals surface area (Å²) >= 11 is 4.75. The highest BCUT2D eigenvalue weighted by atomic mass is 79.9. The summed E-state index contributed by atoms with van der Waals surface area (Å²) in [5.74, 6) is -0.0183. The molecule has 0 heterocycles. The smallest absolute Gasteiger partial charge is 0.312 e. The van der Waals surface area contributed by atoms with Crippen LogP contribution in [0.5, 0.6) is 0 Å². The molecule has 0 fully saturated rings. The van der Waals surface area contributed by atoms with E-state index in [0.717, 1.165) is 0 Å². The quantitative estimate of drug-likeness (QED) is 0.679. The first-order chi connectivity index (χ1) is 9.92. The first-order valence-electron chi connectivity index (χ1n) is 6.20. The molecule has 0 aliphatic heterocycles. The minimum absolute atomic E-state index is 0.172. The minimum Gasteiger partial charge on any atom is -0.352 e. The van der Waals surface area contributed by atoms with Gasteiger partial charge in [0, 0.05) is 11.0 Å². The zero-order valence-electron chi connectivity index (χ0n) is 11.5. The number of amides is 3. The molecular weight excluding hydrogens is 361 g/mol. The molecule has 5 nitrogen and oxygen atoms in total. The number of rotatable bonds is 7. The van der Waals surface area contributed by atoms with E-state index < -0.39 is 12.1 Å². The normalized spacial score (nSPS) is 11.8. The number of thioether (sulfide) groups is 1. The number of urea groups is 1. The lowest BCUT2D eigenvalue weighted by molar-refractivity contribution is -0.123. The number of nitrogens with two attached hydrogens (primary N) is 1. The van der Waals surface area contributed by atoms with Crippen LogP contribution in [0.15, 0.2) is 22.7 Å². The van der Waals surface area contributed by atoms with Gasteiger partial charge in [0.1, 0.15) is 11.9 Å². The van der Waals surface area contributed by atoms with Gasteiger partial charge in [0.05, 0.1) is 0 Å². The topological polar surface area (TPSA) is 84.2 Å². The largest absolute Gasteiger partial charge is 0.352 e. The Labute approximate surface area is 135 Å². The number of carbonyl (C=O) groups is 2. The van der Waals surface area contributed by atoms with Crippen molar-refractivity contribution in [1.29, 1.82) is 0 Å². The predicted molar refractivity (Wildman–Crippen MR) is 85.5 cm³/mol. The maximum absolute atomic E-state index is 13.2. The third kappa shape index (κ3) is 6.81. The first kappa shape index (κ1) is 17.8. The number of hydrogen-bond acceptors (Lipinski definition) is 3. The monoisotopic (exact) mass is 377 g/mol. The van der Waals surface area contributed by atoms with E-state index in [9.17, 15) is 14.0 Å². The van der Waals surface area contributed by atoms with Gasteiger partial charge in [-0.05, 0) is 42.2 Å². The average Bonchev–Trinajstić information content (AvgIpc) is 2.39. The van der Waals surface area contributed by atoms with Gasteiger partial charge in [0.2, 0.25) is 5.91 Å². The minimum atomic E-state index is -0.746. The summed E-state index contributed by atoms with van der Waals surface area (Å²) < 4.78 is 13.8. The molecule has 1 rings (SSSR count). The van der Waals surface area contributed by atoms with Crippen molar-refractivity contribution in [2.45, 2.75) is 19.0 Å². The maximum Gasteiger partial charge on any atom is 0.312 e. The van der Waals surface area contributed by atoms with Gasteiger partial charge in [-0.25, -0.2) is 9.18 Å². The second-order valence-electron chi connectivity index (χ2n) is 4.34. The third-order valence-corrected chi connectivity index (χ3v) is 3.73. The first-order valence-corrected chi connectivity index (χ1v) is 8.38. The highest BCUT2D eigenvalue weighted by molar-refractivity contribution is 9.10. The third-order valence-electron chi connectivity index (χ3n) is 2.63. The molecule has 1 aromatic rings. The molecule has 21 heavy (non-hydrogen) atoms. The van der Waals surface area contributed by atoms with Gasteiger partial charge in [0.25, 0.3) is 0 Å². The van der Waals surface area contributed by atoms with Gasteiger partial charge in [-0.15, -0.1) is 0 Å². The Hall–Kier alpha value is -1.28. The molecule has 0 aliphatic carbocycles. The fourth-order valence-corrected chi connectivity index (χ4v) is 2.69. The summed E-state index contributed by atoms with van der Waals surface area (Å²) in [7, 11) is 0. The van der Waals surface area contributed by atoms with Gasteiger partial charge >= 0.3 is 6.03 Å². The zero-order valence-corrected chi connectivity index (χ0v) is 13.9. The average molecular weight is 378 g/mol. The second-order valence-corrected chi connectivity index (χ2v) is 6.24. The van der Waals surface area contributed by atoms with E-state index in [-0.39, 0.29) is 18.3 Å². The van der Waals surface area contributed by atoms with E-state index in [2.05, 4.69) is 26.6 Å². The summed E-state index contributed by atoms with van der Waals surface area (Å²) in [5, 5.41) is 5.07. The van der Waals surface area contributed by atoms with Crippen molar-refractivity contribution in [3.63, 3.8) is 0 Å². The Balaban J connectivity index is 2.61. The van der Waals surface area contributed by atoms with E-state index in [1.165, 1.54) is 12.1 Å². The summed E-state index contributed by atoms with van der Waals surface area (Å²) in [6, 6.07) is 2.95. The zero-order chi connectivity index (χ0) is 15.8. The van der Waals surface area contributed by atoms with Crippen molar-refractivity contribution < 1.29 is 14.0 Å². The lowest BCUT2D eigenvalue weighted by atomic mass is 10.2. The van der Waals surface area contributed by atoms with Gasteiger partial charge < -0.3 is 16.4 Å². The number of benzene rings is 1. The standard InChI is InChI=1S/C13H17BrFN3O2S/c1-21-3-2-11(18-13(16)20)12(19)17-7-8-4-9(14)6-10(15)5-8/h4-6,11H,2-3,7H2,1H3,(H,17,19)(H3,16,18,20)/t11-/m1/s1. The summed E-state index contributed by atoms with van der Waals surface area (Å²) in [5.41, 5.74) is 5.68. The van der Waals surface area contributed by atoms with Crippen LogP contribution >= 0.6 is 27.7 Å². The van der Waals surface area contributed by atoms with Crippen molar-refractivity contribution in [3.8, 4) is 0 Å². The Morgan fingerprint density at radius 2 is 2.14 bits per heavy atom. The van der Waals surface area contributed by atoms with E-state index in [1.54, 1.807) is 17.8 Å². The number of carbonyl (C=O) groups excluding carboxylic acids is 2. The number of halogens is 2. The lowest BCUT2D eigenvalue weighted by Gasteiger charge is -2.17. The van der Waals surface area contributed by atoms with Crippen LogP contribution < -0.4 is 16.4 Å². The Morgan fingerprint density at radius 1 is 1.43 bits per heavy atom. The highest BCUT2D eigenvalue weighted by Crippen LogP contribution is 2.14. The molecule has 0 bridgehead atoms. The van der Waals surface area contributed by atoms with Gasteiger partial charge in [0.15, 0.2) is 0 Å². The van der Waals surface area contributed by atoms with Crippen molar-refractivity contribution in [2.75, 3.05) is 12.0 Å². The predicted octanol–water partition coefficient (Wildman–Crippen LogP) is 1.99. The van der Waals surface area contributed by atoms with Crippen molar-refractivity contribution in [1.82, 2.24) is 10.6 Å². The fraction of sp³-hybridized carbons (Fsp3) is 0.385. The Morgan fingerprint density at radius 3 is 2.71 bits per heavy atom. The molecule has 0 radical (unpaired) electrons. The Kier molecular flexibility index (Phi) is 7.52. The van der Waals surface area contributed by atoms with Gasteiger partial charge in [-0.1, -0.05) is 15.9 Å². The molecule has 0 saturated carbocycles. The van der Waals surface area contributed by atoms with Crippen LogP contribution in [-0.4, -0.2) is 30.0 Å². The number of primary amides is 1. The second kappa shape index (κ2) is 8.89. The molecule has 1 aromatic carbocycles. The molecular formula is C13H17BrFN3O2S. The molecule has 0 aromatic heterocycles. The summed E-state index contributed by atoms with van der Waals surface area (Å²) in [4.78, 5) is 22.9. The van der Waals surface area contributed by atoms with Crippen LogP contribution in [0.1, 0.15) is 12.0 Å². The number of hydrogen-bond donors (Lipinski definition) is 3. The molecule has 0 saturated heterocycles. The van der Waals surface area contributed by atoms with Crippen LogP contribution in [0.25, 0.3) is 0 Å². The van der Waals surface area contributed by atoms with Crippen molar-refractivity contribution >= 4 is 39.6 Å². The molecule has 116 valence electrons. The van der Waals surface area contributed by atoms with Gasteiger partial charge in [-0.2, -0.15) is 11.8 Å². The fourth-order valence-electron chi connectivity index (χ4n) is 1.70. The summed E-state index contributed by atoms with van der Waals surface area (Å²) in [6.45, 7) is 0.172. The lowest BCUT2D eigenvalue weighted by Crippen LogP contribution is -2.48. The van der Waals surface area contributed by atoms with E-state index in [4.69, 9.17) is 5.73 Å². The molecule has 0 aliphatic rings. The molecule has 8 heteroatoms. The van der Waals surface area contributed by atoms with E-state index in [0.29, 0.717) is 22.2 Å². The molecule has 0 unspecified atom stereocenters. The van der Waals surface area contributed by atoms with Crippen molar-refractivity contribution in [3.05, 3.63) is 34.1 Å². The maximum atomic E-state index is 13.2. The van der Waals surface area contributed by atoms with Crippen LogP contribution in [0.3, 0.4) is 0 Å². The van der Waals surface area contributed by atoms with E-state index >= 15 is 0 Å². The molecule has 1 atom stereocenters. The van der Waals surface area contributed by atoms with Crippen LogP contribution in [0, 0.1) is 5.82 Å². The molecule has 4 N–H and O–H groups in total. The van der Waals surface area contributed by atoms with Gasteiger partial charge in [-0.3, -0.25) is 4.79 Å². The van der Waals surface area contributed by atoms with Crippen LogP contribution in [0.2, 0.25) is 0 Å². The van der Waals surface area contributed by atoms with Crippen molar-refractivity contribution in [2.24, 2.45) is 5.73 Å². The Bertz CT molecular complexity index is 496. The van der Waals surface area contributed by atoms with Crippen LogP contribution in [-0.2, 0) is 11.3 Å². The number of nitrogens with one attached hydrogen (secondary N) is 2. The molecule has 0 spiro atoms. The molecule has 3 amide bonds. The van der Waals surface area contributed by atoms with E-state index in [1.807, 2.05) is 6.26 Å².